The number of ether oxygens (including phenoxy) is 2. The second-order valence-electron chi connectivity index (χ2n) is 8.31. The summed E-state index contributed by atoms with van der Waals surface area (Å²) >= 11 is 0. The van der Waals surface area contributed by atoms with Crippen molar-refractivity contribution in [3.63, 3.8) is 0 Å². The van der Waals surface area contributed by atoms with Crippen molar-refractivity contribution in [1.82, 2.24) is 4.31 Å². The Morgan fingerprint density at radius 3 is 2.45 bits per heavy atom. The van der Waals surface area contributed by atoms with Crippen molar-refractivity contribution in [2.45, 2.75) is 31.6 Å². The molecule has 0 aliphatic carbocycles. The van der Waals surface area contributed by atoms with Gasteiger partial charge in [-0.1, -0.05) is 18.2 Å². The van der Waals surface area contributed by atoms with Crippen LogP contribution in [0.5, 0.6) is 23.0 Å². The molecule has 0 radical (unpaired) electrons. The summed E-state index contributed by atoms with van der Waals surface area (Å²) in [7, 11) is -3.87. The molecule has 1 amide bonds. The lowest BCUT2D eigenvalue weighted by Crippen LogP contribution is -2.28. The van der Waals surface area contributed by atoms with Gasteiger partial charge in [-0.2, -0.15) is 4.31 Å². The summed E-state index contributed by atoms with van der Waals surface area (Å²) in [5.74, 6) is 0.893. The first-order valence-electron chi connectivity index (χ1n) is 10.8. The Kier molecular flexibility index (Phi) is 5.34. The van der Waals surface area contributed by atoms with Crippen LogP contribution < -0.4 is 14.8 Å². The van der Waals surface area contributed by atoms with Crippen molar-refractivity contribution in [2.24, 2.45) is 0 Å². The molecule has 0 spiro atoms. The van der Waals surface area contributed by atoms with Gasteiger partial charge in [0.1, 0.15) is 16.4 Å². The highest BCUT2D eigenvalue weighted by Crippen LogP contribution is 2.42. The molecule has 3 aromatic carbocycles. The normalized spacial score (nSPS) is 15.8. The number of aryl methyl sites for hydroxylation is 2. The fourth-order valence-electron chi connectivity index (χ4n) is 4.02. The molecule has 2 aliphatic rings. The molecule has 1 N–H and O–H groups in total. The summed E-state index contributed by atoms with van der Waals surface area (Å²) in [6, 6.07) is 15.5. The molecular formula is C25H24N2O5S. The van der Waals surface area contributed by atoms with Crippen LogP contribution in [0.2, 0.25) is 0 Å². The second-order valence-corrected chi connectivity index (χ2v) is 10.2. The number of nitrogens with one attached hydrogen (secondary N) is 1. The van der Waals surface area contributed by atoms with Gasteiger partial charge in [0.15, 0.2) is 11.5 Å². The number of amides is 1. The van der Waals surface area contributed by atoms with E-state index in [0.717, 1.165) is 24.0 Å². The van der Waals surface area contributed by atoms with Crippen LogP contribution in [0.25, 0.3) is 0 Å². The van der Waals surface area contributed by atoms with E-state index in [4.69, 9.17) is 9.47 Å². The number of sulfonamides is 1. The minimum atomic E-state index is -3.87. The summed E-state index contributed by atoms with van der Waals surface area (Å²) in [4.78, 5) is 12.9. The van der Waals surface area contributed by atoms with Gasteiger partial charge >= 0.3 is 0 Å². The fraction of sp³-hybridized carbons (Fsp3) is 0.240. The topological polar surface area (TPSA) is 84.9 Å². The zero-order valence-electron chi connectivity index (χ0n) is 18.4. The minimum Gasteiger partial charge on any atom is -0.456 e. The number of rotatable bonds is 4. The van der Waals surface area contributed by atoms with E-state index < -0.39 is 15.9 Å². The van der Waals surface area contributed by atoms with E-state index in [1.165, 1.54) is 16.4 Å². The average molecular weight is 465 g/mol. The number of carbonyl (C=O) groups excluding carboxylic acids is 1. The molecule has 5 rings (SSSR count). The van der Waals surface area contributed by atoms with Gasteiger partial charge in [0.25, 0.3) is 5.91 Å². The Morgan fingerprint density at radius 2 is 1.70 bits per heavy atom. The van der Waals surface area contributed by atoms with Gasteiger partial charge in [-0.15, -0.1) is 0 Å². The van der Waals surface area contributed by atoms with Gasteiger partial charge in [-0.25, -0.2) is 8.42 Å². The molecule has 1 saturated heterocycles. The molecule has 0 atom stereocenters. The van der Waals surface area contributed by atoms with Crippen LogP contribution in [-0.2, 0) is 10.0 Å². The second kappa shape index (κ2) is 8.20. The number of fused-ring (bicyclic) bond motifs is 2. The number of anilines is 1. The summed E-state index contributed by atoms with van der Waals surface area (Å²) < 4.78 is 40.6. The minimum absolute atomic E-state index is 0.0499. The predicted molar refractivity (Wildman–Crippen MR) is 125 cm³/mol. The molecule has 33 heavy (non-hydrogen) atoms. The highest BCUT2D eigenvalue weighted by atomic mass is 32.2. The SMILES string of the molecule is Cc1ccc(Oc2cc3c(cc2S(=O)(=O)N2CCCC2)C(=O)Nc2ccccc2O3)cc1C. The molecule has 0 unspecified atom stereocenters. The number of para-hydroxylation sites is 2. The van der Waals surface area contributed by atoms with E-state index in [-0.39, 0.29) is 22.0 Å². The summed E-state index contributed by atoms with van der Waals surface area (Å²) in [5, 5.41) is 2.80. The summed E-state index contributed by atoms with van der Waals surface area (Å²) in [5.41, 5.74) is 2.78. The van der Waals surface area contributed by atoms with E-state index >= 15 is 0 Å². The van der Waals surface area contributed by atoms with Crippen LogP contribution >= 0.6 is 0 Å². The number of hydrogen-bond donors (Lipinski definition) is 1. The molecule has 0 saturated carbocycles. The molecule has 0 bridgehead atoms. The van der Waals surface area contributed by atoms with Gasteiger partial charge in [-0.3, -0.25) is 4.79 Å². The van der Waals surface area contributed by atoms with Crippen LogP contribution in [-0.4, -0.2) is 31.7 Å². The van der Waals surface area contributed by atoms with Crippen LogP contribution in [0.1, 0.15) is 34.3 Å². The Morgan fingerprint density at radius 1 is 0.939 bits per heavy atom. The zero-order valence-corrected chi connectivity index (χ0v) is 19.2. The van der Waals surface area contributed by atoms with Crippen molar-refractivity contribution in [3.8, 4) is 23.0 Å². The molecule has 170 valence electrons. The number of nitrogens with zero attached hydrogens (tertiary/aromatic N) is 1. The van der Waals surface area contributed by atoms with Crippen molar-refractivity contribution >= 4 is 21.6 Å². The maximum absolute atomic E-state index is 13.5. The van der Waals surface area contributed by atoms with Crippen LogP contribution in [0, 0.1) is 13.8 Å². The van der Waals surface area contributed by atoms with E-state index in [1.54, 1.807) is 30.3 Å². The Labute approximate surface area is 193 Å². The van der Waals surface area contributed by atoms with Gasteiger partial charge < -0.3 is 14.8 Å². The lowest BCUT2D eigenvalue weighted by Gasteiger charge is -2.20. The summed E-state index contributed by atoms with van der Waals surface area (Å²) in [6.07, 6.45) is 1.60. The third kappa shape index (κ3) is 3.96. The lowest BCUT2D eigenvalue weighted by molar-refractivity contribution is 0.102. The third-order valence-corrected chi connectivity index (χ3v) is 7.95. The number of benzene rings is 3. The van der Waals surface area contributed by atoms with Crippen LogP contribution in [0.15, 0.2) is 59.5 Å². The number of hydrogen-bond acceptors (Lipinski definition) is 5. The Balaban J connectivity index is 1.66. The molecule has 2 heterocycles. The van der Waals surface area contributed by atoms with Crippen molar-refractivity contribution in [1.29, 1.82) is 0 Å². The quantitative estimate of drug-likeness (QED) is 0.571. The van der Waals surface area contributed by atoms with Gasteiger partial charge in [-0.05, 0) is 68.1 Å². The molecule has 3 aromatic rings. The standard InChI is InChI=1S/C25H24N2O5S/c1-16-9-10-18(13-17(16)2)31-23-15-22-19(14-24(23)33(29,30)27-11-5-6-12-27)25(28)26-20-7-3-4-8-21(20)32-22/h3-4,7-10,13-15H,5-6,11-12H2,1-2H3,(H,26,28). The van der Waals surface area contributed by atoms with Gasteiger partial charge in [0, 0.05) is 19.2 Å². The first kappa shape index (κ1) is 21.5. The first-order valence-corrected chi connectivity index (χ1v) is 12.3. The zero-order chi connectivity index (χ0) is 23.2. The highest BCUT2D eigenvalue weighted by molar-refractivity contribution is 7.89. The Hall–Kier alpha value is -3.36. The van der Waals surface area contributed by atoms with Crippen LogP contribution in [0.4, 0.5) is 5.69 Å². The first-order chi connectivity index (χ1) is 15.8. The molecule has 2 aliphatic heterocycles. The van der Waals surface area contributed by atoms with E-state index in [9.17, 15) is 13.2 Å². The maximum atomic E-state index is 13.5. The molecule has 8 heteroatoms. The van der Waals surface area contributed by atoms with E-state index in [2.05, 4.69) is 5.32 Å². The number of carbonyl (C=O) groups is 1. The molecule has 7 nitrogen and oxygen atoms in total. The van der Waals surface area contributed by atoms with Gasteiger partial charge in [0.05, 0.1) is 11.3 Å². The predicted octanol–water partition coefficient (Wildman–Crippen LogP) is 5.24. The smallest absolute Gasteiger partial charge is 0.259 e. The van der Waals surface area contributed by atoms with Crippen molar-refractivity contribution in [2.75, 3.05) is 18.4 Å². The molecule has 1 fully saturated rings. The Bertz CT molecular complexity index is 1360. The van der Waals surface area contributed by atoms with Crippen molar-refractivity contribution in [3.05, 3.63) is 71.3 Å². The molecule has 0 aromatic heterocycles. The van der Waals surface area contributed by atoms with E-state index in [0.29, 0.717) is 30.3 Å². The molecular weight excluding hydrogens is 440 g/mol. The monoisotopic (exact) mass is 464 g/mol. The fourth-order valence-corrected chi connectivity index (χ4v) is 5.66. The largest absolute Gasteiger partial charge is 0.456 e. The third-order valence-electron chi connectivity index (χ3n) is 6.03. The maximum Gasteiger partial charge on any atom is 0.259 e. The van der Waals surface area contributed by atoms with E-state index in [1.807, 2.05) is 26.0 Å². The highest BCUT2D eigenvalue weighted by Gasteiger charge is 2.33. The average Bonchev–Trinajstić information content (AvgIpc) is 3.29. The van der Waals surface area contributed by atoms with Gasteiger partial charge in [0.2, 0.25) is 10.0 Å². The lowest BCUT2D eigenvalue weighted by atomic mass is 10.1. The van der Waals surface area contributed by atoms with Crippen LogP contribution in [0.3, 0.4) is 0 Å². The van der Waals surface area contributed by atoms with Crippen molar-refractivity contribution < 1.29 is 22.7 Å². The summed E-state index contributed by atoms with van der Waals surface area (Å²) in [6.45, 7) is 4.84.